The molecule has 1 aliphatic carbocycles. The Balaban J connectivity index is 1.40. The molecule has 1 atom stereocenters. The van der Waals surface area contributed by atoms with Crippen molar-refractivity contribution in [3.63, 3.8) is 0 Å². The van der Waals surface area contributed by atoms with Gasteiger partial charge in [-0.1, -0.05) is 13.3 Å². The summed E-state index contributed by atoms with van der Waals surface area (Å²) in [4.78, 5) is 15.5. The first-order chi connectivity index (χ1) is 16.0. The maximum absolute atomic E-state index is 13.3. The van der Waals surface area contributed by atoms with Gasteiger partial charge in [0.15, 0.2) is 5.82 Å². The van der Waals surface area contributed by atoms with Gasteiger partial charge in [0, 0.05) is 31.0 Å². The molecule has 2 aromatic heterocycles. The molecule has 2 fully saturated rings. The Morgan fingerprint density at radius 2 is 2.00 bits per heavy atom. The molecule has 0 amide bonds. The zero-order valence-corrected chi connectivity index (χ0v) is 19.5. The summed E-state index contributed by atoms with van der Waals surface area (Å²) >= 11 is 0. The molecule has 10 heteroatoms. The van der Waals surface area contributed by atoms with Crippen molar-refractivity contribution in [1.82, 2.24) is 19.1 Å². The SMILES string of the molecule is CCC[C@H]1COCCN1S(=O)(=O)c1ccc(Nc2nn(CC3CC3)c3cc[nH]c(=O)c23)cc1. The van der Waals surface area contributed by atoms with Crippen LogP contribution < -0.4 is 10.9 Å². The number of H-pyrrole nitrogens is 1. The number of anilines is 2. The number of nitrogens with zero attached hydrogens (tertiary/aromatic N) is 3. The fraction of sp³-hybridized carbons (Fsp3) is 0.478. The van der Waals surface area contributed by atoms with E-state index in [4.69, 9.17) is 4.74 Å². The molecule has 0 bridgehead atoms. The van der Waals surface area contributed by atoms with Gasteiger partial charge in [-0.05, 0) is 55.5 Å². The van der Waals surface area contributed by atoms with E-state index in [-0.39, 0.29) is 16.5 Å². The Kier molecular flexibility index (Phi) is 5.98. The van der Waals surface area contributed by atoms with Gasteiger partial charge in [0.05, 0.1) is 23.6 Å². The van der Waals surface area contributed by atoms with Gasteiger partial charge in [-0.15, -0.1) is 0 Å². The third kappa shape index (κ3) is 4.42. The molecule has 2 N–H and O–H groups in total. The van der Waals surface area contributed by atoms with E-state index < -0.39 is 10.0 Å². The number of ether oxygens (including phenoxy) is 1. The van der Waals surface area contributed by atoms with Crippen LogP contribution in [0, 0.1) is 5.92 Å². The lowest BCUT2D eigenvalue weighted by Crippen LogP contribution is -2.48. The number of hydrogen-bond donors (Lipinski definition) is 2. The summed E-state index contributed by atoms with van der Waals surface area (Å²) in [7, 11) is -3.62. The monoisotopic (exact) mass is 471 g/mol. The van der Waals surface area contributed by atoms with Crippen molar-refractivity contribution in [2.24, 2.45) is 5.92 Å². The molecule has 9 nitrogen and oxygen atoms in total. The van der Waals surface area contributed by atoms with Crippen molar-refractivity contribution < 1.29 is 13.2 Å². The number of nitrogens with one attached hydrogen (secondary N) is 2. The van der Waals surface area contributed by atoms with E-state index in [9.17, 15) is 13.2 Å². The second-order valence-electron chi connectivity index (χ2n) is 8.82. The van der Waals surface area contributed by atoms with Crippen LogP contribution in [-0.2, 0) is 21.3 Å². The Labute approximate surface area is 192 Å². The van der Waals surface area contributed by atoms with Gasteiger partial charge >= 0.3 is 0 Å². The summed E-state index contributed by atoms with van der Waals surface area (Å²) in [5, 5.41) is 8.36. The van der Waals surface area contributed by atoms with Crippen LogP contribution in [0.3, 0.4) is 0 Å². The molecule has 176 valence electrons. The Hall–Kier alpha value is -2.69. The third-order valence-electron chi connectivity index (χ3n) is 6.32. The Morgan fingerprint density at radius 3 is 2.73 bits per heavy atom. The topological polar surface area (TPSA) is 109 Å². The first-order valence-electron chi connectivity index (χ1n) is 11.5. The lowest BCUT2D eigenvalue weighted by molar-refractivity contribution is 0.0294. The summed E-state index contributed by atoms with van der Waals surface area (Å²) in [6.45, 7) is 4.03. The van der Waals surface area contributed by atoms with Gasteiger partial charge in [0.25, 0.3) is 5.56 Å². The summed E-state index contributed by atoms with van der Waals surface area (Å²) in [5.74, 6) is 1.08. The number of aromatic nitrogens is 3. The minimum absolute atomic E-state index is 0.139. The van der Waals surface area contributed by atoms with E-state index in [0.29, 0.717) is 42.6 Å². The number of aromatic amines is 1. The molecule has 1 aliphatic heterocycles. The lowest BCUT2D eigenvalue weighted by atomic mass is 10.1. The average molecular weight is 472 g/mol. The highest BCUT2D eigenvalue weighted by atomic mass is 32.2. The van der Waals surface area contributed by atoms with Crippen LogP contribution in [0.2, 0.25) is 0 Å². The predicted molar refractivity (Wildman–Crippen MR) is 126 cm³/mol. The number of morpholine rings is 1. The standard InChI is InChI=1S/C23H29N5O4S/c1-2-3-18-15-32-13-12-28(18)33(30,31)19-8-6-17(7-9-19)25-22-21-20(10-11-24-23(21)29)27(26-22)14-16-4-5-16/h6-11,16,18H,2-5,12-15H2,1H3,(H,24,29)(H,25,26)/t18-/m0/s1. The molecule has 1 saturated carbocycles. The number of sulfonamides is 1. The summed E-state index contributed by atoms with van der Waals surface area (Å²) < 4.78 is 35.5. The van der Waals surface area contributed by atoms with Crippen LogP contribution >= 0.6 is 0 Å². The highest BCUT2D eigenvalue weighted by Crippen LogP contribution is 2.33. The smallest absolute Gasteiger partial charge is 0.261 e. The molecule has 2 aliphatic rings. The van der Waals surface area contributed by atoms with E-state index in [1.807, 2.05) is 17.7 Å². The second-order valence-corrected chi connectivity index (χ2v) is 10.7. The fourth-order valence-electron chi connectivity index (χ4n) is 4.41. The molecule has 0 spiro atoms. The first-order valence-corrected chi connectivity index (χ1v) is 13.0. The van der Waals surface area contributed by atoms with Crippen molar-refractivity contribution >= 4 is 32.4 Å². The van der Waals surface area contributed by atoms with E-state index in [0.717, 1.165) is 24.9 Å². The van der Waals surface area contributed by atoms with E-state index in [1.54, 1.807) is 34.8 Å². The summed E-state index contributed by atoms with van der Waals surface area (Å²) in [5.41, 5.74) is 1.26. The Bertz CT molecular complexity index is 1290. The maximum Gasteiger partial charge on any atom is 0.261 e. The fourth-order valence-corrected chi connectivity index (χ4v) is 6.03. The van der Waals surface area contributed by atoms with Crippen molar-refractivity contribution in [3.8, 4) is 0 Å². The summed E-state index contributed by atoms with van der Waals surface area (Å²) in [6.07, 6.45) is 5.67. The van der Waals surface area contributed by atoms with Crippen molar-refractivity contribution in [2.45, 2.75) is 50.1 Å². The number of hydrogen-bond acceptors (Lipinski definition) is 6. The molecule has 1 saturated heterocycles. The molecule has 3 heterocycles. The van der Waals surface area contributed by atoms with Gasteiger partial charge in [0.1, 0.15) is 5.39 Å². The number of fused-ring (bicyclic) bond motifs is 1. The minimum atomic E-state index is -3.62. The van der Waals surface area contributed by atoms with Crippen LogP contribution in [-0.4, -0.2) is 53.3 Å². The van der Waals surface area contributed by atoms with Gasteiger partial charge in [-0.3, -0.25) is 9.48 Å². The van der Waals surface area contributed by atoms with Crippen molar-refractivity contribution in [1.29, 1.82) is 0 Å². The number of pyridine rings is 1. The Morgan fingerprint density at radius 1 is 1.21 bits per heavy atom. The van der Waals surface area contributed by atoms with Crippen LogP contribution in [0.4, 0.5) is 11.5 Å². The molecule has 0 radical (unpaired) electrons. The second kappa shape index (κ2) is 8.92. The van der Waals surface area contributed by atoms with Gasteiger partial charge in [0.2, 0.25) is 10.0 Å². The third-order valence-corrected chi connectivity index (χ3v) is 8.29. The quantitative estimate of drug-likeness (QED) is 0.523. The zero-order valence-electron chi connectivity index (χ0n) is 18.7. The normalized spacial score (nSPS) is 19.7. The van der Waals surface area contributed by atoms with Crippen LogP contribution in [0.5, 0.6) is 0 Å². The van der Waals surface area contributed by atoms with E-state index in [1.165, 1.54) is 12.8 Å². The largest absolute Gasteiger partial charge is 0.378 e. The average Bonchev–Trinajstić information content (AvgIpc) is 3.56. The minimum Gasteiger partial charge on any atom is -0.378 e. The molecular formula is C23H29N5O4S. The van der Waals surface area contributed by atoms with Gasteiger partial charge < -0.3 is 15.0 Å². The highest BCUT2D eigenvalue weighted by molar-refractivity contribution is 7.89. The number of rotatable bonds is 8. The molecular weight excluding hydrogens is 442 g/mol. The van der Waals surface area contributed by atoms with Crippen LogP contribution in [0.1, 0.15) is 32.6 Å². The van der Waals surface area contributed by atoms with E-state index in [2.05, 4.69) is 15.4 Å². The van der Waals surface area contributed by atoms with Gasteiger partial charge in [-0.25, -0.2) is 8.42 Å². The predicted octanol–water partition coefficient (Wildman–Crippen LogP) is 3.07. The maximum atomic E-state index is 13.3. The number of benzene rings is 1. The molecule has 33 heavy (non-hydrogen) atoms. The van der Waals surface area contributed by atoms with Gasteiger partial charge in [-0.2, -0.15) is 9.40 Å². The van der Waals surface area contributed by atoms with Crippen LogP contribution in [0.25, 0.3) is 10.9 Å². The molecule has 5 rings (SSSR count). The molecule has 0 unspecified atom stereocenters. The lowest BCUT2D eigenvalue weighted by Gasteiger charge is -2.34. The zero-order chi connectivity index (χ0) is 23.0. The molecule has 3 aromatic rings. The van der Waals surface area contributed by atoms with Crippen molar-refractivity contribution in [3.05, 3.63) is 46.9 Å². The van der Waals surface area contributed by atoms with Crippen LogP contribution in [0.15, 0.2) is 46.2 Å². The van der Waals surface area contributed by atoms with E-state index >= 15 is 0 Å². The molecule has 1 aromatic carbocycles. The highest BCUT2D eigenvalue weighted by Gasteiger charge is 2.33. The van der Waals surface area contributed by atoms with Crippen molar-refractivity contribution in [2.75, 3.05) is 25.1 Å². The first kappa shape index (κ1) is 22.1. The summed E-state index contributed by atoms with van der Waals surface area (Å²) in [6, 6.07) is 8.35.